The Kier molecular flexibility index (Phi) is 8.53. The summed E-state index contributed by atoms with van der Waals surface area (Å²) in [4.78, 5) is 25.6. The second-order valence-electron chi connectivity index (χ2n) is 5.38. The molecular formula is C18H17N3O5S2. The number of aryl methyl sites for hydroxylation is 1. The van der Waals surface area contributed by atoms with Crippen molar-refractivity contribution < 1.29 is 15.0 Å². The molecule has 1 heterocycles. The number of benzene rings is 2. The Hall–Kier alpha value is -2.82. The highest BCUT2D eigenvalue weighted by Crippen LogP contribution is 2.38. The number of aliphatic hydroxyl groups is 1. The number of thiazole rings is 1. The Balaban J connectivity index is 0.000000485. The van der Waals surface area contributed by atoms with Gasteiger partial charge in [0.1, 0.15) is 0 Å². The first kappa shape index (κ1) is 21.5. The van der Waals surface area contributed by atoms with Crippen LogP contribution in [-0.2, 0) is 6.42 Å². The molecule has 1 N–H and O–H groups in total. The molecule has 10 heteroatoms. The van der Waals surface area contributed by atoms with Gasteiger partial charge in [0.15, 0.2) is 0 Å². The molecule has 28 heavy (non-hydrogen) atoms. The van der Waals surface area contributed by atoms with E-state index in [1.54, 1.807) is 23.0 Å². The van der Waals surface area contributed by atoms with Crippen molar-refractivity contribution in [1.29, 1.82) is 0 Å². The van der Waals surface area contributed by atoms with Crippen LogP contribution in [0.5, 0.6) is 0 Å². The molecule has 0 fully saturated rings. The van der Waals surface area contributed by atoms with Crippen molar-refractivity contribution in [1.82, 2.24) is 4.98 Å². The van der Waals surface area contributed by atoms with Gasteiger partial charge < -0.3 is 5.11 Å². The minimum absolute atomic E-state index is 0.0662. The van der Waals surface area contributed by atoms with Crippen molar-refractivity contribution >= 4 is 34.5 Å². The zero-order valence-electron chi connectivity index (χ0n) is 14.6. The van der Waals surface area contributed by atoms with Crippen LogP contribution < -0.4 is 0 Å². The van der Waals surface area contributed by atoms with Gasteiger partial charge in [0.25, 0.3) is 11.4 Å². The summed E-state index contributed by atoms with van der Waals surface area (Å²) in [5.74, 6) is 0. The maximum Gasteiger partial charge on any atom is 0.290 e. The third kappa shape index (κ3) is 6.41. The molecule has 0 unspecified atom stereocenters. The van der Waals surface area contributed by atoms with E-state index in [-0.39, 0.29) is 18.0 Å². The second-order valence-corrected chi connectivity index (χ2v) is 7.22. The number of nitro groups is 2. The van der Waals surface area contributed by atoms with Crippen LogP contribution in [0.3, 0.4) is 0 Å². The monoisotopic (exact) mass is 419 g/mol. The summed E-state index contributed by atoms with van der Waals surface area (Å²) in [6.45, 7) is 0.0662. The van der Waals surface area contributed by atoms with Crippen LogP contribution in [0.4, 0.5) is 11.4 Å². The topological polar surface area (TPSA) is 119 Å². The highest BCUT2D eigenvalue weighted by atomic mass is 32.2. The van der Waals surface area contributed by atoms with Crippen LogP contribution in [0, 0.1) is 20.2 Å². The highest BCUT2D eigenvalue weighted by molar-refractivity contribution is 7.99. The van der Waals surface area contributed by atoms with Crippen molar-refractivity contribution in [2.75, 3.05) is 6.61 Å². The smallest absolute Gasteiger partial charge is 0.290 e. The fourth-order valence-corrected chi connectivity index (χ4v) is 3.63. The second kappa shape index (κ2) is 11.1. The summed E-state index contributed by atoms with van der Waals surface area (Å²) >= 11 is 2.80. The predicted octanol–water partition coefficient (Wildman–Crippen LogP) is 4.72. The Labute approximate surface area is 169 Å². The van der Waals surface area contributed by atoms with Crippen molar-refractivity contribution in [2.24, 2.45) is 0 Å². The molecule has 2 aromatic carbocycles. The first-order chi connectivity index (χ1) is 13.5. The number of aliphatic hydroxyl groups excluding tert-OH is 1. The molecule has 3 rings (SSSR count). The molecular weight excluding hydrogens is 402 g/mol. The molecule has 3 aromatic rings. The molecule has 0 aliphatic carbocycles. The number of nitro benzene ring substituents is 2. The summed E-state index contributed by atoms with van der Waals surface area (Å²) in [5, 5.41) is 32.8. The lowest BCUT2D eigenvalue weighted by molar-refractivity contribution is -0.396. The Bertz CT molecular complexity index is 902. The van der Waals surface area contributed by atoms with Crippen LogP contribution >= 0.6 is 23.1 Å². The van der Waals surface area contributed by atoms with Gasteiger partial charge in [0, 0.05) is 29.1 Å². The summed E-state index contributed by atoms with van der Waals surface area (Å²) in [6.07, 6.45) is 3.02. The van der Waals surface area contributed by atoms with Gasteiger partial charge >= 0.3 is 0 Å². The van der Waals surface area contributed by atoms with Gasteiger partial charge in [-0.3, -0.25) is 25.2 Å². The standard InChI is InChI=1S/C15H14N2O5S.C3H3NS/c18-9-3-5-11-4-1-2-6-14(11)23-15-8-7-12(16(19)20)10-13(15)17(21)22;1-2-5-3-4-1/h1-2,4,6-8,10,18H,3,5,9H2;1-3H. The molecule has 0 aliphatic rings. The molecule has 0 saturated carbocycles. The lowest BCUT2D eigenvalue weighted by atomic mass is 10.1. The van der Waals surface area contributed by atoms with Crippen LogP contribution in [-0.4, -0.2) is 26.5 Å². The van der Waals surface area contributed by atoms with Crippen molar-refractivity contribution in [3.8, 4) is 0 Å². The molecule has 0 atom stereocenters. The quantitative estimate of drug-likeness (QED) is 0.434. The van der Waals surface area contributed by atoms with E-state index >= 15 is 0 Å². The molecule has 0 amide bonds. The normalized spacial score (nSPS) is 10.0. The summed E-state index contributed by atoms with van der Waals surface area (Å²) in [5.41, 5.74) is 2.16. The van der Waals surface area contributed by atoms with E-state index in [0.29, 0.717) is 17.7 Å². The first-order valence-electron chi connectivity index (χ1n) is 8.14. The van der Waals surface area contributed by atoms with Gasteiger partial charge in [0.05, 0.1) is 26.3 Å². The predicted molar refractivity (Wildman–Crippen MR) is 108 cm³/mol. The van der Waals surface area contributed by atoms with E-state index in [1.165, 1.54) is 23.9 Å². The number of aromatic nitrogens is 1. The lowest BCUT2D eigenvalue weighted by Gasteiger charge is -2.08. The van der Waals surface area contributed by atoms with E-state index in [1.807, 2.05) is 29.6 Å². The average molecular weight is 419 g/mol. The van der Waals surface area contributed by atoms with Gasteiger partial charge in [-0.05, 0) is 30.5 Å². The molecule has 0 saturated heterocycles. The zero-order chi connectivity index (χ0) is 20.4. The first-order valence-corrected chi connectivity index (χ1v) is 9.90. The van der Waals surface area contributed by atoms with E-state index < -0.39 is 9.85 Å². The number of hydrogen-bond acceptors (Lipinski definition) is 8. The molecule has 8 nitrogen and oxygen atoms in total. The maximum absolute atomic E-state index is 11.2. The van der Waals surface area contributed by atoms with Gasteiger partial charge in [-0.2, -0.15) is 0 Å². The third-order valence-corrected chi connectivity index (χ3v) is 5.20. The molecule has 1 aromatic heterocycles. The van der Waals surface area contributed by atoms with Crippen molar-refractivity contribution in [3.63, 3.8) is 0 Å². The third-order valence-electron chi connectivity index (χ3n) is 3.49. The fourth-order valence-electron chi connectivity index (χ4n) is 2.22. The van der Waals surface area contributed by atoms with Crippen LogP contribution in [0.15, 0.2) is 69.3 Å². The number of nitrogens with zero attached hydrogens (tertiary/aromatic N) is 3. The molecule has 146 valence electrons. The zero-order valence-corrected chi connectivity index (χ0v) is 16.3. The Morgan fingerprint density at radius 2 is 1.86 bits per heavy atom. The molecule has 0 spiro atoms. The average Bonchev–Trinajstić information content (AvgIpc) is 3.27. The molecule has 0 bridgehead atoms. The highest BCUT2D eigenvalue weighted by Gasteiger charge is 2.20. The van der Waals surface area contributed by atoms with Crippen LogP contribution in [0.25, 0.3) is 0 Å². The molecule has 0 radical (unpaired) electrons. The van der Waals surface area contributed by atoms with Crippen molar-refractivity contribution in [3.05, 3.63) is 85.3 Å². The van der Waals surface area contributed by atoms with Crippen LogP contribution in [0.1, 0.15) is 12.0 Å². The Morgan fingerprint density at radius 3 is 2.43 bits per heavy atom. The maximum atomic E-state index is 11.2. The van der Waals surface area contributed by atoms with Gasteiger partial charge in [0.2, 0.25) is 0 Å². The van der Waals surface area contributed by atoms with Crippen molar-refractivity contribution in [2.45, 2.75) is 22.6 Å². The van der Waals surface area contributed by atoms with E-state index in [9.17, 15) is 20.2 Å². The van der Waals surface area contributed by atoms with Gasteiger partial charge in [-0.25, -0.2) is 0 Å². The van der Waals surface area contributed by atoms with Gasteiger partial charge in [-0.1, -0.05) is 30.0 Å². The van der Waals surface area contributed by atoms with E-state index in [0.717, 1.165) is 16.5 Å². The minimum Gasteiger partial charge on any atom is -0.396 e. The summed E-state index contributed by atoms with van der Waals surface area (Å²) in [7, 11) is 0. The number of non-ortho nitro benzene ring substituents is 1. The summed E-state index contributed by atoms with van der Waals surface area (Å²) in [6, 6.07) is 11.0. The fraction of sp³-hybridized carbons (Fsp3) is 0.167. The largest absolute Gasteiger partial charge is 0.396 e. The van der Waals surface area contributed by atoms with Gasteiger partial charge in [-0.15, -0.1) is 11.3 Å². The number of rotatable bonds is 7. The van der Waals surface area contributed by atoms with Crippen LogP contribution in [0.2, 0.25) is 0 Å². The lowest BCUT2D eigenvalue weighted by Crippen LogP contribution is -1.95. The number of hydrogen-bond donors (Lipinski definition) is 1. The van der Waals surface area contributed by atoms with E-state index in [4.69, 9.17) is 5.11 Å². The van der Waals surface area contributed by atoms with E-state index in [2.05, 4.69) is 4.98 Å². The molecule has 0 aliphatic heterocycles. The Morgan fingerprint density at radius 1 is 1.07 bits per heavy atom. The SMILES string of the molecule is O=[N+]([O-])c1ccc(Sc2ccccc2CCCO)c([N+](=O)[O-])c1.c1cscn1. The summed E-state index contributed by atoms with van der Waals surface area (Å²) < 4.78 is 0. The minimum atomic E-state index is -0.656.